The normalized spacial score (nSPS) is 19.8. The van der Waals surface area contributed by atoms with E-state index in [1.807, 2.05) is 30.3 Å². The molecular formula is C25H31N3O5S2. The highest BCUT2D eigenvalue weighted by Gasteiger charge is 2.51. The summed E-state index contributed by atoms with van der Waals surface area (Å²) >= 11 is 0. The van der Waals surface area contributed by atoms with Gasteiger partial charge in [0.25, 0.3) is 0 Å². The van der Waals surface area contributed by atoms with E-state index in [9.17, 15) is 21.6 Å². The molecule has 1 saturated heterocycles. The summed E-state index contributed by atoms with van der Waals surface area (Å²) in [7, 11) is -7.24. The Morgan fingerprint density at radius 2 is 1.74 bits per heavy atom. The number of hydrogen-bond acceptors (Lipinski definition) is 5. The van der Waals surface area contributed by atoms with Crippen LogP contribution in [0.25, 0.3) is 0 Å². The summed E-state index contributed by atoms with van der Waals surface area (Å²) in [6.07, 6.45) is 2.81. The Labute approximate surface area is 207 Å². The average Bonchev–Trinajstić information content (AvgIpc) is 3.53. The van der Waals surface area contributed by atoms with Gasteiger partial charge < -0.3 is 5.32 Å². The predicted molar refractivity (Wildman–Crippen MR) is 134 cm³/mol. The van der Waals surface area contributed by atoms with Gasteiger partial charge in [0, 0.05) is 31.6 Å². The molecule has 1 aliphatic heterocycles. The van der Waals surface area contributed by atoms with Crippen LogP contribution < -0.4 is 10.0 Å². The van der Waals surface area contributed by atoms with Crippen LogP contribution >= 0.6 is 0 Å². The third kappa shape index (κ3) is 5.83. The van der Waals surface area contributed by atoms with E-state index in [-0.39, 0.29) is 29.8 Å². The molecule has 2 N–H and O–H groups in total. The van der Waals surface area contributed by atoms with E-state index in [4.69, 9.17) is 0 Å². The van der Waals surface area contributed by atoms with Gasteiger partial charge in [0.05, 0.1) is 10.3 Å². The molecule has 8 nitrogen and oxygen atoms in total. The molecule has 0 radical (unpaired) electrons. The van der Waals surface area contributed by atoms with Crippen molar-refractivity contribution in [2.45, 2.75) is 36.0 Å². The molecule has 2 aliphatic rings. The van der Waals surface area contributed by atoms with Gasteiger partial charge in [-0.2, -0.15) is 4.31 Å². The molecule has 10 heteroatoms. The van der Waals surface area contributed by atoms with Crippen molar-refractivity contribution in [3.05, 3.63) is 77.7 Å². The summed E-state index contributed by atoms with van der Waals surface area (Å²) in [6.45, 7) is 4.56. The number of benzene rings is 2. The van der Waals surface area contributed by atoms with Crippen LogP contribution in [0.4, 0.5) is 0 Å². The van der Waals surface area contributed by atoms with Gasteiger partial charge in [0.1, 0.15) is 0 Å². The molecule has 1 amide bonds. The first kappa shape index (κ1) is 25.6. The fraction of sp³-hybridized carbons (Fsp3) is 0.400. The van der Waals surface area contributed by atoms with E-state index in [0.717, 1.165) is 35.8 Å². The summed E-state index contributed by atoms with van der Waals surface area (Å²) in [4.78, 5) is 13.1. The fourth-order valence-electron chi connectivity index (χ4n) is 4.48. The van der Waals surface area contributed by atoms with Gasteiger partial charge in [-0.1, -0.05) is 49.0 Å². The molecule has 1 heterocycles. The monoisotopic (exact) mass is 517 g/mol. The number of rotatable bonds is 11. The molecule has 35 heavy (non-hydrogen) atoms. The van der Waals surface area contributed by atoms with E-state index >= 15 is 0 Å². The molecule has 1 saturated carbocycles. The first-order valence-electron chi connectivity index (χ1n) is 11.7. The maximum atomic E-state index is 13.1. The highest BCUT2D eigenvalue weighted by Crippen LogP contribution is 2.48. The van der Waals surface area contributed by atoms with Crippen LogP contribution in [0.15, 0.2) is 71.5 Å². The molecule has 4 rings (SSSR count). The van der Waals surface area contributed by atoms with Crippen LogP contribution in [0.5, 0.6) is 0 Å². The summed E-state index contributed by atoms with van der Waals surface area (Å²) < 4.78 is 53.2. The van der Waals surface area contributed by atoms with Crippen LogP contribution in [0.3, 0.4) is 0 Å². The summed E-state index contributed by atoms with van der Waals surface area (Å²) in [5.74, 6) is -0.124. The molecule has 2 aromatic carbocycles. The standard InChI is InChI=1S/C25H31N3O5S2/c1-2-34(30,31)27-18-21-13-17-28(19-21)35(32,33)23-10-8-22(9-11-23)25(14-15-25)24(29)26-16-12-20-6-4-3-5-7-20/h2-11,21,27H,1,12-19H2,(H,26,29)/t21-/m1/s1. The van der Waals surface area contributed by atoms with Crippen molar-refractivity contribution in [1.82, 2.24) is 14.3 Å². The predicted octanol–water partition coefficient (Wildman–Crippen LogP) is 2.15. The van der Waals surface area contributed by atoms with Crippen molar-refractivity contribution in [1.29, 1.82) is 0 Å². The van der Waals surface area contributed by atoms with E-state index in [0.29, 0.717) is 19.5 Å². The second-order valence-electron chi connectivity index (χ2n) is 9.18. The van der Waals surface area contributed by atoms with Crippen LogP contribution in [-0.2, 0) is 36.7 Å². The Bertz CT molecular complexity index is 1270. The molecule has 2 fully saturated rings. The van der Waals surface area contributed by atoms with Crippen molar-refractivity contribution in [2.24, 2.45) is 5.92 Å². The largest absolute Gasteiger partial charge is 0.355 e. The van der Waals surface area contributed by atoms with Gasteiger partial charge in [0.15, 0.2) is 0 Å². The minimum atomic E-state index is -3.70. The van der Waals surface area contributed by atoms with Gasteiger partial charge in [-0.05, 0) is 54.9 Å². The fourth-order valence-corrected chi connectivity index (χ4v) is 6.59. The molecule has 0 bridgehead atoms. The van der Waals surface area contributed by atoms with E-state index in [1.165, 1.54) is 4.31 Å². The van der Waals surface area contributed by atoms with Gasteiger partial charge in [-0.3, -0.25) is 4.79 Å². The molecular weight excluding hydrogens is 486 g/mol. The van der Waals surface area contributed by atoms with Gasteiger partial charge in [-0.25, -0.2) is 21.6 Å². The Morgan fingerprint density at radius 1 is 1.06 bits per heavy atom. The molecule has 1 atom stereocenters. The van der Waals surface area contributed by atoms with Crippen LogP contribution in [0.1, 0.15) is 30.4 Å². The summed E-state index contributed by atoms with van der Waals surface area (Å²) in [5.41, 5.74) is 1.40. The average molecular weight is 518 g/mol. The SMILES string of the molecule is C=CS(=O)(=O)NC[C@H]1CCN(S(=O)(=O)c2ccc(C3(C(=O)NCCc4ccccc4)CC3)cc2)C1. The van der Waals surface area contributed by atoms with Crippen LogP contribution in [0.2, 0.25) is 0 Å². The first-order valence-corrected chi connectivity index (χ1v) is 14.7. The smallest absolute Gasteiger partial charge is 0.243 e. The van der Waals surface area contributed by atoms with Gasteiger partial charge >= 0.3 is 0 Å². The number of nitrogens with one attached hydrogen (secondary N) is 2. The lowest BCUT2D eigenvalue weighted by molar-refractivity contribution is -0.123. The number of hydrogen-bond donors (Lipinski definition) is 2. The number of carbonyl (C=O) groups excluding carboxylic acids is 1. The van der Waals surface area contributed by atoms with Gasteiger partial charge in [-0.15, -0.1) is 0 Å². The van der Waals surface area contributed by atoms with Crippen LogP contribution in [-0.4, -0.2) is 53.2 Å². The van der Waals surface area contributed by atoms with Crippen LogP contribution in [0, 0.1) is 5.92 Å². The molecule has 0 aromatic heterocycles. The zero-order valence-corrected chi connectivity index (χ0v) is 21.2. The number of nitrogens with zero attached hydrogens (tertiary/aromatic N) is 1. The molecule has 0 spiro atoms. The second kappa shape index (κ2) is 10.2. The minimum absolute atomic E-state index is 0.0200. The Balaban J connectivity index is 1.35. The highest BCUT2D eigenvalue weighted by atomic mass is 32.2. The Kier molecular flexibility index (Phi) is 7.46. The zero-order valence-electron chi connectivity index (χ0n) is 19.5. The molecule has 188 valence electrons. The van der Waals surface area contributed by atoms with Crippen molar-refractivity contribution in [3.63, 3.8) is 0 Å². The molecule has 1 aliphatic carbocycles. The lowest BCUT2D eigenvalue weighted by atomic mass is 9.95. The Morgan fingerprint density at radius 3 is 2.37 bits per heavy atom. The van der Waals surface area contributed by atoms with Gasteiger partial charge in [0.2, 0.25) is 26.0 Å². The third-order valence-corrected chi connectivity index (χ3v) is 9.70. The van der Waals surface area contributed by atoms with Crippen molar-refractivity contribution < 1.29 is 21.6 Å². The lowest BCUT2D eigenvalue weighted by Crippen LogP contribution is -2.36. The highest BCUT2D eigenvalue weighted by molar-refractivity contribution is 7.92. The minimum Gasteiger partial charge on any atom is -0.355 e. The third-order valence-electron chi connectivity index (χ3n) is 6.81. The van der Waals surface area contributed by atoms with Crippen molar-refractivity contribution in [3.8, 4) is 0 Å². The van der Waals surface area contributed by atoms with E-state index in [2.05, 4.69) is 16.6 Å². The maximum absolute atomic E-state index is 13.1. The van der Waals surface area contributed by atoms with E-state index in [1.54, 1.807) is 24.3 Å². The maximum Gasteiger partial charge on any atom is 0.243 e. The van der Waals surface area contributed by atoms with Crippen molar-refractivity contribution >= 4 is 26.0 Å². The topological polar surface area (TPSA) is 113 Å². The lowest BCUT2D eigenvalue weighted by Gasteiger charge is -2.19. The number of amides is 1. The number of sulfonamides is 2. The summed E-state index contributed by atoms with van der Waals surface area (Å²) in [5, 5.41) is 3.87. The van der Waals surface area contributed by atoms with E-state index < -0.39 is 25.5 Å². The quantitative estimate of drug-likeness (QED) is 0.474. The first-order chi connectivity index (χ1) is 16.7. The molecule has 2 aromatic rings. The Hall–Kier alpha value is -2.53. The summed E-state index contributed by atoms with van der Waals surface area (Å²) in [6, 6.07) is 16.6. The second-order valence-corrected chi connectivity index (χ2v) is 12.8. The van der Waals surface area contributed by atoms with Crippen molar-refractivity contribution in [2.75, 3.05) is 26.2 Å². The zero-order chi connectivity index (χ0) is 25.1. The number of carbonyl (C=O) groups is 1. The molecule has 0 unspecified atom stereocenters.